The van der Waals surface area contributed by atoms with Gasteiger partial charge in [0.05, 0.1) is 5.56 Å². The number of amides is 2. The van der Waals surface area contributed by atoms with Crippen LogP contribution in [0, 0.1) is 3.57 Å². The second-order valence-corrected chi connectivity index (χ2v) is 7.77. The highest BCUT2D eigenvalue weighted by molar-refractivity contribution is 14.1. The van der Waals surface area contributed by atoms with Crippen molar-refractivity contribution in [1.29, 1.82) is 0 Å². The van der Waals surface area contributed by atoms with Crippen LogP contribution in [0.5, 0.6) is 0 Å². The molecule has 124 valence electrons. The van der Waals surface area contributed by atoms with Crippen LogP contribution in [0.25, 0.3) is 0 Å². The van der Waals surface area contributed by atoms with Gasteiger partial charge in [0.25, 0.3) is 5.91 Å². The fourth-order valence-corrected chi connectivity index (χ4v) is 4.50. The molecule has 0 bridgehead atoms. The van der Waals surface area contributed by atoms with Crippen molar-refractivity contribution >= 4 is 46.0 Å². The SMILES string of the molecule is O=C([C@@H]1CCCCN1C(=O)c1ccc(Cl)cc1I)N1CCCC1. The molecule has 1 aromatic rings. The topological polar surface area (TPSA) is 40.6 Å². The summed E-state index contributed by atoms with van der Waals surface area (Å²) in [6, 6.07) is 4.98. The molecule has 1 atom stereocenters. The van der Waals surface area contributed by atoms with Gasteiger partial charge in [-0.3, -0.25) is 9.59 Å². The third-order valence-electron chi connectivity index (χ3n) is 4.63. The quantitative estimate of drug-likeness (QED) is 0.652. The highest BCUT2D eigenvalue weighted by Crippen LogP contribution is 2.26. The van der Waals surface area contributed by atoms with E-state index in [0.717, 1.165) is 48.8 Å². The van der Waals surface area contributed by atoms with Crippen LogP contribution in [0.4, 0.5) is 0 Å². The molecular formula is C17H20ClIN2O2. The number of rotatable bonds is 2. The van der Waals surface area contributed by atoms with E-state index in [1.54, 1.807) is 23.1 Å². The van der Waals surface area contributed by atoms with Crippen LogP contribution in [0.2, 0.25) is 5.02 Å². The van der Waals surface area contributed by atoms with Gasteiger partial charge in [0.2, 0.25) is 5.91 Å². The van der Waals surface area contributed by atoms with Crippen LogP contribution < -0.4 is 0 Å². The Morgan fingerprint density at radius 1 is 1.09 bits per heavy atom. The van der Waals surface area contributed by atoms with E-state index in [2.05, 4.69) is 22.6 Å². The maximum Gasteiger partial charge on any atom is 0.255 e. The molecule has 2 amide bonds. The Balaban J connectivity index is 1.82. The van der Waals surface area contributed by atoms with Gasteiger partial charge in [-0.2, -0.15) is 0 Å². The molecule has 0 N–H and O–H groups in total. The van der Waals surface area contributed by atoms with Gasteiger partial charge in [-0.1, -0.05) is 11.6 Å². The van der Waals surface area contributed by atoms with E-state index in [-0.39, 0.29) is 17.9 Å². The van der Waals surface area contributed by atoms with Gasteiger partial charge in [0, 0.05) is 28.2 Å². The first-order valence-electron chi connectivity index (χ1n) is 8.13. The fourth-order valence-electron chi connectivity index (χ4n) is 3.40. The lowest BCUT2D eigenvalue weighted by Crippen LogP contribution is -2.52. The summed E-state index contributed by atoms with van der Waals surface area (Å²) in [5, 5.41) is 0.620. The van der Waals surface area contributed by atoms with Gasteiger partial charge in [-0.25, -0.2) is 0 Å². The van der Waals surface area contributed by atoms with Gasteiger partial charge >= 0.3 is 0 Å². The van der Waals surface area contributed by atoms with Gasteiger partial charge in [0.1, 0.15) is 6.04 Å². The summed E-state index contributed by atoms with van der Waals surface area (Å²) in [7, 11) is 0. The van der Waals surface area contributed by atoms with Crippen molar-refractivity contribution in [2.24, 2.45) is 0 Å². The standard InChI is InChI=1S/C17H20ClIN2O2/c18-12-6-7-13(14(19)11-12)16(22)21-10-2-1-5-15(21)17(23)20-8-3-4-9-20/h6-7,11,15H,1-5,8-10H2/t15-/m0/s1. The summed E-state index contributed by atoms with van der Waals surface area (Å²) in [5.41, 5.74) is 0.635. The van der Waals surface area contributed by atoms with Crippen molar-refractivity contribution < 1.29 is 9.59 Å². The minimum Gasteiger partial charge on any atom is -0.341 e. The van der Waals surface area contributed by atoms with Crippen LogP contribution in [0.3, 0.4) is 0 Å². The van der Waals surface area contributed by atoms with Crippen molar-refractivity contribution in [1.82, 2.24) is 9.80 Å². The maximum absolute atomic E-state index is 13.0. The van der Waals surface area contributed by atoms with Gasteiger partial charge in [-0.15, -0.1) is 0 Å². The minimum atomic E-state index is -0.305. The molecule has 2 aliphatic heterocycles. The lowest BCUT2D eigenvalue weighted by molar-refractivity contribution is -0.136. The first-order valence-corrected chi connectivity index (χ1v) is 9.58. The second-order valence-electron chi connectivity index (χ2n) is 6.17. The van der Waals surface area contributed by atoms with Crippen molar-refractivity contribution in [2.45, 2.75) is 38.1 Å². The summed E-state index contributed by atoms with van der Waals surface area (Å²) in [6.45, 7) is 2.31. The molecule has 3 rings (SSSR count). The molecule has 0 radical (unpaired) electrons. The summed E-state index contributed by atoms with van der Waals surface area (Å²) in [4.78, 5) is 29.5. The van der Waals surface area contributed by atoms with Gasteiger partial charge in [0.15, 0.2) is 0 Å². The van der Waals surface area contributed by atoms with Crippen molar-refractivity contribution in [3.8, 4) is 0 Å². The van der Waals surface area contributed by atoms with Crippen LogP contribution >= 0.6 is 34.2 Å². The molecule has 2 aliphatic rings. The van der Waals surface area contributed by atoms with E-state index in [0.29, 0.717) is 17.1 Å². The zero-order valence-corrected chi connectivity index (χ0v) is 15.8. The number of hydrogen-bond acceptors (Lipinski definition) is 2. The molecule has 2 fully saturated rings. The van der Waals surface area contributed by atoms with Crippen molar-refractivity contribution in [3.63, 3.8) is 0 Å². The predicted molar refractivity (Wildman–Crippen MR) is 98.7 cm³/mol. The molecule has 1 aromatic carbocycles. The minimum absolute atomic E-state index is 0.0525. The highest BCUT2D eigenvalue weighted by Gasteiger charge is 2.36. The number of carbonyl (C=O) groups is 2. The molecule has 0 aromatic heterocycles. The number of nitrogens with zero attached hydrogens (tertiary/aromatic N) is 2. The number of piperidine rings is 1. The number of halogens is 2. The van der Waals surface area contributed by atoms with Crippen LogP contribution in [0.1, 0.15) is 42.5 Å². The lowest BCUT2D eigenvalue weighted by atomic mass is 9.99. The molecule has 2 saturated heterocycles. The molecule has 0 saturated carbocycles. The van der Waals surface area contributed by atoms with Crippen LogP contribution in [0.15, 0.2) is 18.2 Å². The molecule has 23 heavy (non-hydrogen) atoms. The summed E-state index contributed by atoms with van der Waals surface area (Å²) in [5.74, 6) is 0.0721. The van der Waals surface area contributed by atoms with Gasteiger partial charge in [-0.05, 0) is 72.9 Å². The average Bonchev–Trinajstić information content (AvgIpc) is 3.08. The van der Waals surface area contributed by atoms with E-state index in [1.807, 2.05) is 4.90 Å². The Morgan fingerprint density at radius 3 is 2.48 bits per heavy atom. The molecule has 2 heterocycles. The monoisotopic (exact) mass is 446 g/mol. The Morgan fingerprint density at radius 2 is 1.78 bits per heavy atom. The molecule has 4 nitrogen and oxygen atoms in total. The summed E-state index contributed by atoms with van der Waals surface area (Å²) in [6.07, 6.45) is 4.87. The van der Waals surface area contributed by atoms with Crippen molar-refractivity contribution in [2.75, 3.05) is 19.6 Å². The first-order chi connectivity index (χ1) is 11.1. The lowest BCUT2D eigenvalue weighted by Gasteiger charge is -2.37. The average molecular weight is 447 g/mol. The zero-order valence-electron chi connectivity index (χ0n) is 12.9. The molecular weight excluding hydrogens is 427 g/mol. The third kappa shape index (κ3) is 3.65. The second kappa shape index (κ2) is 7.38. The predicted octanol–water partition coefficient (Wildman–Crippen LogP) is 3.56. The van der Waals surface area contributed by atoms with Crippen LogP contribution in [-0.2, 0) is 4.79 Å². The Kier molecular flexibility index (Phi) is 5.46. The molecule has 0 spiro atoms. The van der Waals surface area contributed by atoms with Crippen LogP contribution in [-0.4, -0.2) is 47.3 Å². The van der Waals surface area contributed by atoms with E-state index in [1.165, 1.54) is 0 Å². The normalized spacial score (nSPS) is 21.6. The largest absolute Gasteiger partial charge is 0.341 e. The fraction of sp³-hybridized carbons (Fsp3) is 0.529. The maximum atomic E-state index is 13.0. The number of benzene rings is 1. The first kappa shape index (κ1) is 17.0. The molecule has 0 unspecified atom stereocenters. The van der Waals surface area contributed by atoms with Gasteiger partial charge < -0.3 is 9.80 Å². The zero-order chi connectivity index (χ0) is 16.4. The third-order valence-corrected chi connectivity index (χ3v) is 5.76. The summed E-state index contributed by atoms with van der Waals surface area (Å²) < 4.78 is 0.832. The smallest absolute Gasteiger partial charge is 0.255 e. The van der Waals surface area contributed by atoms with E-state index < -0.39 is 0 Å². The highest BCUT2D eigenvalue weighted by atomic mass is 127. The Labute approximate surface area is 155 Å². The number of carbonyl (C=O) groups excluding carboxylic acids is 2. The number of hydrogen-bond donors (Lipinski definition) is 0. The molecule has 6 heteroatoms. The van der Waals surface area contributed by atoms with E-state index in [4.69, 9.17) is 11.6 Å². The Hall–Kier alpha value is -0.820. The van der Waals surface area contributed by atoms with E-state index in [9.17, 15) is 9.59 Å². The Bertz CT molecular complexity index is 617. The number of likely N-dealkylation sites (tertiary alicyclic amines) is 2. The van der Waals surface area contributed by atoms with E-state index >= 15 is 0 Å². The van der Waals surface area contributed by atoms with Crippen molar-refractivity contribution in [3.05, 3.63) is 32.4 Å². The summed E-state index contributed by atoms with van der Waals surface area (Å²) >= 11 is 8.11. The molecule has 0 aliphatic carbocycles.